The first kappa shape index (κ1) is 14.7. The maximum absolute atomic E-state index is 5.99. The number of ether oxygens (including phenoxy) is 1. The van der Waals surface area contributed by atoms with Crippen molar-refractivity contribution in [3.05, 3.63) is 54.4 Å². The molecule has 0 aliphatic carbocycles. The molecule has 24 heavy (non-hydrogen) atoms. The molecule has 122 valence electrons. The maximum atomic E-state index is 5.99. The van der Waals surface area contributed by atoms with Crippen molar-refractivity contribution >= 4 is 5.82 Å². The first-order valence-corrected chi connectivity index (χ1v) is 7.98. The molecule has 6 heteroatoms. The third kappa shape index (κ3) is 2.71. The number of likely N-dealkylation sites (N-methyl/N-ethyl adjacent to an activating group) is 1. The van der Waals surface area contributed by atoms with Gasteiger partial charge in [0, 0.05) is 32.9 Å². The molecule has 4 rings (SSSR count). The molecule has 1 aliphatic heterocycles. The number of aromatic nitrogens is 4. The molecule has 0 unspecified atom stereocenters. The highest BCUT2D eigenvalue weighted by atomic mass is 16.5. The number of anilines is 1. The Morgan fingerprint density at radius 1 is 1.21 bits per heavy atom. The fourth-order valence-corrected chi connectivity index (χ4v) is 3.02. The van der Waals surface area contributed by atoms with E-state index in [0.29, 0.717) is 0 Å². The lowest BCUT2D eigenvalue weighted by molar-refractivity contribution is 0.239. The van der Waals surface area contributed by atoms with E-state index in [-0.39, 0.29) is 6.10 Å². The summed E-state index contributed by atoms with van der Waals surface area (Å²) < 4.78 is 7.92. The SMILES string of the molecule is CN(C[C@@H]1Cc2ccccc2O1)c1ccc(-c2nccn2C)nn1. The van der Waals surface area contributed by atoms with Gasteiger partial charge in [0.05, 0.1) is 6.54 Å². The topological polar surface area (TPSA) is 56.1 Å². The zero-order valence-corrected chi connectivity index (χ0v) is 13.8. The van der Waals surface area contributed by atoms with Crippen LogP contribution in [0.15, 0.2) is 48.8 Å². The molecule has 0 radical (unpaired) electrons. The number of nitrogens with zero attached hydrogens (tertiary/aromatic N) is 5. The third-order valence-electron chi connectivity index (χ3n) is 4.28. The van der Waals surface area contributed by atoms with Crippen LogP contribution in [0.5, 0.6) is 5.75 Å². The molecule has 3 aromatic rings. The summed E-state index contributed by atoms with van der Waals surface area (Å²) >= 11 is 0. The largest absolute Gasteiger partial charge is 0.488 e. The number of rotatable bonds is 4. The summed E-state index contributed by atoms with van der Waals surface area (Å²) in [5.74, 6) is 2.63. The summed E-state index contributed by atoms with van der Waals surface area (Å²) in [6, 6.07) is 12.1. The van der Waals surface area contributed by atoms with Crippen molar-refractivity contribution in [3.63, 3.8) is 0 Å². The first-order chi connectivity index (χ1) is 11.7. The minimum absolute atomic E-state index is 0.142. The van der Waals surface area contributed by atoms with Crippen molar-refractivity contribution in [1.29, 1.82) is 0 Å². The second-order valence-corrected chi connectivity index (χ2v) is 6.07. The number of benzene rings is 1. The molecule has 0 fully saturated rings. The molecule has 6 nitrogen and oxygen atoms in total. The Morgan fingerprint density at radius 3 is 2.79 bits per heavy atom. The smallest absolute Gasteiger partial charge is 0.160 e. The van der Waals surface area contributed by atoms with Crippen LogP contribution >= 0.6 is 0 Å². The van der Waals surface area contributed by atoms with E-state index >= 15 is 0 Å². The summed E-state index contributed by atoms with van der Waals surface area (Å²) in [6.07, 6.45) is 4.72. The lowest BCUT2D eigenvalue weighted by Gasteiger charge is -2.21. The highest BCUT2D eigenvalue weighted by molar-refractivity contribution is 5.51. The van der Waals surface area contributed by atoms with Crippen molar-refractivity contribution < 1.29 is 4.74 Å². The van der Waals surface area contributed by atoms with E-state index in [1.54, 1.807) is 6.20 Å². The third-order valence-corrected chi connectivity index (χ3v) is 4.28. The lowest BCUT2D eigenvalue weighted by Crippen LogP contribution is -2.32. The highest BCUT2D eigenvalue weighted by Crippen LogP contribution is 2.28. The molecule has 0 amide bonds. The van der Waals surface area contributed by atoms with Crippen molar-refractivity contribution in [1.82, 2.24) is 19.7 Å². The van der Waals surface area contributed by atoms with Gasteiger partial charge in [-0.1, -0.05) is 18.2 Å². The summed E-state index contributed by atoms with van der Waals surface area (Å²) in [5, 5.41) is 8.64. The number of imidazole rings is 1. The minimum atomic E-state index is 0.142. The fraction of sp³-hybridized carbons (Fsp3) is 0.278. The van der Waals surface area contributed by atoms with Gasteiger partial charge in [0.25, 0.3) is 0 Å². The molecule has 2 aromatic heterocycles. The average molecular weight is 321 g/mol. The summed E-state index contributed by atoms with van der Waals surface area (Å²) in [6.45, 7) is 0.769. The Labute approximate surface area is 140 Å². The molecule has 0 bridgehead atoms. The molecule has 1 atom stereocenters. The molecular weight excluding hydrogens is 302 g/mol. The van der Waals surface area contributed by atoms with Crippen LogP contribution in [-0.2, 0) is 13.5 Å². The van der Waals surface area contributed by atoms with Gasteiger partial charge in [-0.2, -0.15) is 0 Å². The molecule has 1 aromatic carbocycles. The van der Waals surface area contributed by atoms with Gasteiger partial charge in [-0.3, -0.25) is 0 Å². The Hall–Kier alpha value is -2.89. The Balaban J connectivity index is 1.44. The monoisotopic (exact) mass is 321 g/mol. The first-order valence-electron chi connectivity index (χ1n) is 7.98. The van der Waals surface area contributed by atoms with E-state index in [0.717, 1.165) is 36.1 Å². The number of para-hydroxylation sites is 1. The molecule has 0 saturated carbocycles. The van der Waals surface area contributed by atoms with Gasteiger partial charge < -0.3 is 14.2 Å². The predicted octanol–water partition coefficient (Wildman–Crippen LogP) is 2.32. The number of fused-ring (bicyclic) bond motifs is 1. The van der Waals surface area contributed by atoms with Gasteiger partial charge >= 0.3 is 0 Å². The van der Waals surface area contributed by atoms with Gasteiger partial charge in [-0.05, 0) is 23.8 Å². The van der Waals surface area contributed by atoms with Crippen molar-refractivity contribution in [2.45, 2.75) is 12.5 Å². The molecule has 0 spiro atoms. The van der Waals surface area contributed by atoms with Gasteiger partial charge in [-0.25, -0.2) is 4.98 Å². The van der Waals surface area contributed by atoms with Gasteiger partial charge in [0.2, 0.25) is 0 Å². The van der Waals surface area contributed by atoms with E-state index in [1.807, 2.05) is 49.1 Å². The zero-order chi connectivity index (χ0) is 16.5. The Kier molecular flexibility index (Phi) is 3.65. The number of hydrogen-bond donors (Lipinski definition) is 0. The summed E-state index contributed by atoms with van der Waals surface area (Å²) in [7, 11) is 3.95. The highest BCUT2D eigenvalue weighted by Gasteiger charge is 2.24. The lowest BCUT2D eigenvalue weighted by atomic mass is 10.1. The van der Waals surface area contributed by atoms with Crippen LogP contribution in [0.4, 0.5) is 5.82 Å². The van der Waals surface area contributed by atoms with Crippen LogP contribution < -0.4 is 9.64 Å². The molecular formula is C18H19N5O. The van der Waals surface area contributed by atoms with Crippen LogP contribution in [0.2, 0.25) is 0 Å². The minimum Gasteiger partial charge on any atom is -0.488 e. The second kappa shape index (κ2) is 5.96. The van der Waals surface area contributed by atoms with Gasteiger partial charge in [0.15, 0.2) is 11.6 Å². The van der Waals surface area contributed by atoms with Crippen LogP contribution in [0, 0.1) is 0 Å². The second-order valence-electron chi connectivity index (χ2n) is 6.07. The maximum Gasteiger partial charge on any atom is 0.160 e. The van der Waals surface area contributed by atoms with Crippen molar-refractivity contribution in [3.8, 4) is 17.3 Å². The van der Waals surface area contributed by atoms with Crippen LogP contribution in [-0.4, -0.2) is 39.4 Å². The Bertz CT molecular complexity index is 818. The van der Waals surface area contributed by atoms with Crippen LogP contribution in [0.3, 0.4) is 0 Å². The van der Waals surface area contributed by atoms with E-state index in [2.05, 4.69) is 32.2 Å². The average Bonchev–Trinajstić information content (AvgIpc) is 3.20. The fourth-order valence-electron chi connectivity index (χ4n) is 3.02. The zero-order valence-electron chi connectivity index (χ0n) is 13.8. The van der Waals surface area contributed by atoms with Crippen LogP contribution in [0.25, 0.3) is 11.5 Å². The molecule has 3 heterocycles. The number of aryl methyl sites for hydroxylation is 1. The summed E-state index contributed by atoms with van der Waals surface area (Å²) in [4.78, 5) is 6.37. The Morgan fingerprint density at radius 2 is 2.08 bits per heavy atom. The quantitative estimate of drug-likeness (QED) is 0.738. The normalized spacial score (nSPS) is 15.8. The molecule has 1 aliphatic rings. The molecule has 0 saturated heterocycles. The standard InChI is InChI=1S/C18H19N5O/c1-22-10-9-19-18(22)15-7-8-17(21-20-15)23(2)12-14-11-13-5-3-4-6-16(13)24-14/h3-10,14H,11-12H2,1-2H3/t14-/m0/s1. The van der Waals surface area contributed by atoms with E-state index in [9.17, 15) is 0 Å². The van der Waals surface area contributed by atoms with E-state index in [1.165, 1.54) is 5.56 Å². The summed E-state index contributed by atoms with van der Waals surface area (Å²) in [5.41, 5.74) is 2.04. The van der Waals surface area contributed by atoms with Crippen LogP contribution in [0.1, 0.15) is 5.56 Å². The molecule has 0 N–H and O–H groups in total. The van der Waals surface area contributed by atoms with E-state index < -0.39 is 0 Å². The van der Waals surface area contributed by atoms with Crippen molar-refractivity contribution in [2.75, 3.05) is 18.5 Å². The number of hydrogen-bond acceptors (Lipinski definition) is 5. The van der Waals surface area contributed by atoms with Gasteiger partial charge in [-0.15, -0.1) is 10.2 Å². The van der Waals surface area contributed by atoms with Crippen molar-refractivity contribution in [2.24, 2.45) is 7.05 Å². The van der Waals surface area contributed by atoms with Gasteiger partial charge in [0.1, 0.15) is 17.5 Å². The van der Waals surface area contributed by atoms with E-state index in [4.69, 9.17) is 4.74 Å². The predicted molar refractivity (Wildman–Crippen MR) is 92.1 cm³/mol.